The fraction of sp³-hybridized carbons (Fsp3) is 0.379. The van der Waals surface area contributed by atoms with E-state index in [1.165, 1.54) is 4.57 Å². The van der Waals surface area contributed by atoms with Gasteiger partial charge in [-0.15, -0.1) is 0 Å². The van der Waals surface area contributed by atoms with Crippen molar-refractivity contribution >= 4 is 22.8 Å². The fourth-order valence-electron chi connectivity index (χ4n) is 5.07. The number of hydrogen-bond acceptors (Lipinski definition) is 8. The summed E-state index contributed by atoms with van der Waals surface area (Å²) in [6, 6.07) is 15.9. The van der Waals surface area contributed by atoms with Gasteiger partial charge in [-0.1, -0.05) is 24.3 Å². The van der Waals surface area contributed by atoms with Crippen LogP contribution >= 0.6 is 0 Å². The van der Waals surface area contributed by atoms with E-state index in [0.717, 1.165) is 25.2 Å². The minimum atomic E-state index is -2.82. The number of anilines is 1. The molecule has 41 heavy (non-hydrogen) atoms. The Morgan fingerprint density at radius 1 is 0.902 bits per heavy atom. The minimum absolute atomic E-state index is 0.109. The highest BCUT2D eigenvalue weighted by Crippen LogP contribution is 2.30. The highest BCUT2D eigenvalue weighted by atomic mass is 19.3. The predicted octanol–water partition coefficient (Wildman–Crippen LogP) is 3.32. The van der Waals surface area contributed by atoms with Crippen LogP contribution in [-0.4, -0.2) is 96.0 Å². The summed E-state index contributed by atoms with van der Waals surface area (Å²) in [6.07, 6.45) is -2.82. The third-order valence-electron chi connectivity index (χ3n) is 7.28. The first-order valence-corrected chi connectivity index (χ1v) is 13.7. The molecule has 214 valence electrons. The molecule has 2 saturated heterocycles. The van der Waals surface area contributed by atoms with Crippen molar-refractivity contribution in [2.75, 3.05) is 70.6 Å². The summed E-state index contributed by atoms with van der Waals surface area (Å²) in [4.78, 5) is 30.6. The van der Waals surface area contributed by atoms with Crippen LogP contribution in [0.1, 0.15) is 22.6 Å². The van der Waals surface area contributed by atoms with Crippen molar-refractivity contribution in [2.45, 2.75) is 6.43 Å². The zero-order valence-electron chi connectivity index (χ0n) is 22.5. The van der Waals surface area contributed by atoms with Crippen molar-refractivity contribution in [2.24, 2.45) is 0 Å². The first-order valence-electron chi connectivity index (χ1n) is 13.7. The second kappa shape index (κ2) is 12.2. The second-order valence-corrected chi connectivity index (χ2v) is 9.89. The van der Waals surface area contributed by atoms with Gasteiger partial charge < -0.3 is 19.7 Å². The van der Waals surface area contributed by atoms with Crippen LogP contribution in [0.15, 0.2) is 54.6 Å². The molecule has 2 aromatic carbocycles. The van der Waals surface area contributed by atoms with Gasteiger partial charge in [0.05, 0.1) is 43.2 Å². The number of fused-ring (bicyclic) bond motifs is 1. The lowest BCUT2D eigenvalue weighted by Crippen LogP contribution is -2.41. The van der Waals surface area contributed by atoms with Gasteiger partial charge in [0.15, 0.2) is 5.82 Å². The molecule has 1 N–H and O–H groups in total. The van der Waals surface area contributed by atoms with Gasteiger partial charge in [0.25, 0.3) is 12.3 Å². The van der Waals surface area contributed by atoms with E-state index in [2.05, 4.69) is 20.1 Å². The molecule has 2 aliphatic heterocycles. The SMILES string of the molecule is O=C(NCCN1CCOCC1)c1ccc(-c2cc(N3CCOCC3)nc(-n3c(C(F)F)nc4ccccc43)n2)cc1. The molecular weight excluding hydrogens is 532 g/mol. The van der Waals surface area contributed by atoms with E-state index in [-0.39, 0.29) is 11.9 Å². The van der Waals surface area contributed by atoms with Crippen LogP contribution in [-0.2, 0) is 9.47 Å². The quantitative estimate of drug-likeness (QED) is 0.349. The van der Waals surface area contributed by atoms with Gasteiger partial charge in [0.2, 0.25) is 5.95 Å². The molecule has 10 nitrogen and oxygen atoms in total. The molecule has 4 aromatic rings. The average Bonchev–Trinajstić information content (AvgIpc) is 3.42. The standard InChI is InChI=1S/C29H31F2N7O3/c30-26(31)27-33-22-3-1-2-4-24(22)38(27)29-34-23(19-25(35-29)37-13-17-41-18-14-37)20-5-7-21(8-6-20)28(39)32-9-10-36-11-15-40-16-12-36/h1-8,19,26H,9-18H2,(H,32,39). The molecule has 0 unspecified atom stereocenters. The van der Waals surface area contributed by atoms with E-state index >= 15 is 0 Å². The number of imidazole rings is 1. The maximum absolute atomic E-state index is 14.1. The molecule has 0 saturated carbocycles. The molecule has 0 aliphatic carbocycles. The second-order valence-electron chi connectivity index (χ2n) is 9.89. The van der Waals surface area contributed by atoms with Gasteiger partial charge in [-0.2, -0.15) is 4.98 Å². The lowest BCUT2D eigenvalue weighted by Gasteiger charge is -2.28. The van der Waals surface area contributed by atoms with Crippen molar-refractivity contribution < 1.29 is 23.0 Å². The Balaban J connectivity index is 1.30. The van der Waals surface area contributed by atoms with Crippen LogP contribution in [0.3, 0.4) is 0 Å². The van der Waals surface area contributed by atoms with E-state index < -0.39 is 12.2 Å². The summed E-state index contributed by atoms with van der Waals surface area (Å²) in [5.74, 6) is 0.142. The average molecular weight is 564 g/mol. The molecule has 2 aromatic heterocycles. The molecule has 0 bridgehead atoms. The third kappa shape index (κ3) is 6.04. The zero-order valence-corrected chi connectivity index (χ0v) is 22.5. The number of halogens is 2. The lowest BCUT2D eigenvalue weighted by atomic mass is 10.1. The fourth-order valence-corrected chi connectivity index (χ4v) is 5.07. The summed E-state index contributed by atoms with van der Waals surface area (Å²) < 4.78 is 40.5. The van der Waals surface area contributed by atoms with Gasteiger partial charge in [0, 0.05) is 56.5 Å². The monoisotopic (exact) mass is 563 g/mol. The van der Waals surface area contributed by atoms with Crippen molar-refractivity contribution in [1.29, 1.82) is 0 Å². The summed E-state index contributed by atoms with van der Waals surface area (Å²) in [5, 5.41) is 2.97. The number of rotatable bonds is 8. The number of alkyl halides is 2. The van der Waals surface area contributed by atoms with Gasteiger partial charge in [0.1, 0.15) is 5.82 Å². The maximum atomic E-state index is 14.1. The van der Waals surface area contributed by atoms with Crippen LogP contribution in [0.4, 0.5) is 14.6 Å². The molecule has 2 aliphatic rings. The molecule has 4 heterocycles. The molecule has 0 radical (unpaired) electrons. The smallest absolute Gasteiger partial charge is 0.296 e. The number of nitrogens with zero attached hydrogens (tertiary/aromatic N) is 6. The van der Waals surface area contributed by atoms with Crippen LogP contribution in [0.2, 0.25) is 0 Å². The Labute approximate surface area is 235 Å². The lowest BCUT2D eigenvalue weighted by molar-refractivity contribution is 0.0383. The molecule has 1 amide bonds. The Hall–Kier alpha value is -4.00. The Morgan fingerprint density at radius 3 is 2.34 bits per heavy atom. The van der Waals surface area contributed by atoms with E-state index in [1.807, 2.05) is 18.2 Å². The number of carbonyl (C=O) groups is 1. The number of hydrogen-bond donors (Lipinski definition) is 1. The van der Waals surface area contributed by atoms with Crippen molar-refractivity contribution in [3.8, 4) is 17.2 Å². The Morgan fingerprint density at radius 2 is 1.61 bits per heavy atom. The highest BCUT2D eigenvalue weighted by molar-refractivity contribution is 5.94. The van der Waals surface area contributed by atoms with Crippen LogP contribution < -0.4 is 10.2 Å². The van der Waals surface area contributed by atoms with Crippen LogP contribution in [0.5, 0.6) is 0 Å². The topological polar surface area (TPSA) is 97.6 Å². The van der Waals surface area contributed by atoms with Crippen molar-refractivity contribution in [1.82, 2.24) is 29.7 Å². The van der Waals surface area contributed by atoms with Crippen LogP contribution in [0, 0.1) is 0 Å². The number of amides is 1. The first kappa shape index (κ1) is 27.2. The Bertz CT molecular complexity index is 1500. The zero-order chi connectivity index (χ0) is 28.2. The molecule has 0 atom stereocenters. The number of benzene rings is 2. The molecule has 0 spiro atoms. The predicted molar refractivity (Wildman–Crippen MR) is 150 cm³/mol. The third-order valence-corrected chi connectivity index (χ3v) is 7.28. The van der Waals surface area contributed by atoms with E-state index in [0.29, 0.717) is 74.2 Å². The minimum Gasteiger partial charge on any atom is -0.379 e. The first-order chi connectivity index (χ1) is 20.1. The number of nitrogens with one attached hydrogen (secondary N) is 1. The van der Waals surface area contributed by atoms with Gasteiger partial charge in [-0.05, 0) is 24.3 Å². The van der Waals surface area contributed by atoms with Gasteiger partial charge in [-0.3, -0.25) is 14.3 Å². The van der Waals surface area contributed by atoms with E-state index in [9.17, 15) is 13.6 Å². The van der Waals surface area contributed by atoms with E-state index in [1.54, 1.807) is 36.4 Å². The number of ether oxygens (including phenoxy) is 2. The number of aromatic nitrogens is 4. The number of morpholine rings is 2. The van der Waals surface area contributed by atoms with Crippen LogP contribution in [0.25, 0.3) is 28.2 Å². The van der Waals surface area contributed by atoms with Gasteiger partial charge >= 0.3 is 0 Å². The molecule has 12 heteroatoms. The molecule has 2 fully saturated rings. The largest absolute Gasteiger partial charge is 0.379 e. The molecular formula is C29H31F2N7O3. The molecule has 6 rings (SSSR count). The van der Waals surface area contributed by atoms with Gasteiger partial charge in [-0.25, -0.2) is 18.7 Å². The maximum Gasteiger partial charge on any atom is 0.296 e. The summed E-state index contributed by atoms with van der Waals surface area (Å²) in [6.45, 7) is 6.80. The number of carbonyl (C=O) groups excluding carboxylic acids is 1. The normalized spacial score (nSPS) is 16.4. The van der Waals surface area contributed by atoms with E-state index in [4.69, 9.17) is 19.4 Å². The number of para-hydroxylation sites is 2. The summed E-state index contributed by atoms with van der Waals surface area (Å²) in [7, 11) is 0. The highest BCUT2D eigenvalue weighted by Gasteiger charge is 2.24. The summed E-state index contributed by atoms with van der Waals surface area (Å²) >= 11 is 0. The van der Waals surface area contributed by atoms with Crippen molar-refractivity contribution in [3.63, 3.8) is 0 Å². The van der Waals surface area contributed by atoms with Crippen molar-refractivity contribution in [3.05, 3.63) is 66.0 Å². The summed E-state index contributed by atoms with van der Waals surface area (Å²) in [5.41, 5.74) is 2.74. The Kier molecular flexibility index (Phi) is 8.12.